The van der Waals surface area contributed by atoms with Gasteiger partial charge in [0.15, 0.2) is 0 Å². The van der Waals surface area contributed by atoms with E-state index in [1.807, 2.05) is 0 Å². The van der Waals surface area contributed by atoms with Crippen LogP contribution in [0.3, 0.4) is 0 Å². The summed E-state index contributed by atoms with van der Waals surface area (Å²) >= 11 is 0. The molecule has 2 saturated heterocycles. The summed E-state index contributed by atoms with van der Waals surface area (Å²) in [6.45, 7) is 0. The van der Waals surface area contributed by atoms with E-state index in [4.69, 9.17) is 4.74 Å². The SMILES string of the molecule is O=C(CC1CCCc2ccccc21)C1CC2CCC1O2. The van der Waals surface area contributed by atoms with Gasteiger partial charge in [-0.3, -0.25) is 4.79 Å². The highest BCUT2D eigenvalue weighted by atomic mass is 16.5. The highest BCUT2D eigenvalue weighted by molar-refractivity contribution is 5.83. The third-order valence-electron chi connectivity index (χ3n) is 5.46. The number of carbonyl (C=O) groups excluding carboxylic acids is 1. The van der Waals surface area contributed by atoms with Crippen LogP contribution in [0.5, 0.6) is 0 Å². The fourth-order valence-electron chi connectivity index (χ4n) is 4.44. The van der Waals surface area contributed by atoms with E-state index in [2.05, 4.69) is 24.3 Å². The fraction of sp³-hybridized carbons (Fsp3) is 0.611. The molecule has 4 rings (SSSR count). The van der Waals surface area contributed by atoms with Gasteiger partial charge in [0.2, 0.25) is 0 Å². The zero-order valence-electron chi connectivity index (χ0n) is 11.9. The van der Waals surface area contributed by atoms with Gasteiger partial charge in [0.1, 0.15) is 5.78 Å². The van der Waals surface area contributed by atoms with Crippen molar-refractivity contribution in [2.45, 2.75) is 63.1 Å². The Morgan fingerprint density at radius 2 is 2.10 bits per heavy atom. The van der Waals surface area contributed by atoms with Crippen molar-refractivity contribution in [3.8, 4) is 0 Å². The maximum absolute atomic E-state index is 12.6. The van der Waals surface area contributed by atoms with Gasteiger partial charge in [-0.25, -0.2) is 0 Å². The molecule has 1 aromatic carbocycles. The summed E-state index contributed by atoms with van der Waals surface area (Å²) < 4.78 is 5.84. The van der Waals surface area contributed by atoms with E-state index >= 15 is 0 Å². The molecule has 0 N–H and O–H groups in total. The zero-order chi connectivity index (χ0) is 13.5. The lowest BCUT2D eigenvalue weighted by molar-refractivity contribution is -0.124. The van der Waals surface area contributed by atoms with Crippen LogP contribution in [0.25, 0.3) is 0 Å². The van der Waals surface area contributed by atoms with Crippen LogP contribution in [-0.2, 0) is 16.0 Å². The zero-order valence-corrected chi connectivity index (χ0v) is 11.9. The van der Waals surface area contributed by atoms with Gasteiger partial charge in [0.25, 0.3) is 0 Å². The smallest absolute Gasteiger partial charge is 0.139 e. The summed E-state index contributed by atoms with van der Waals surface area (Å²) in [5.41, 5.74) is 2.89. The van der Waals surface area contributed by atoms with Gasteiger partial charge >= 0.3 is 0 Å². The molecule has 2 nitrogen and oxygen atoms in total. The molecule has 2 aliphatic heterocycles. The molecule has 3 aliphatic rings. The van der Waals surface area contributed by atoms with Crippen molar-refractivity contribution in [3.63, 3.8) is 0 Å². The van der Waals surface area contributed by atoms with Crippen molar-refractivity contribution in [3.05, 3.63) is 35.4 Å². The molecule has 0 amide bonds. The number of ether oxygens (including phenoxy) is 1. The first-order chi connectivity index (χ1) is 9.81. The standard InChI is InChI=1S/C18H22O2/c19-17(16-11-14-8-9-18(16)20-14)10-13-6-3-5-12-4-1-2-7-15(12)13/h1-2,4,7,13-14,16,18H,3,5-6,8-11H2. The van der Waals surface area contributed by atoms with Gasteiger partial charge in [0, 0.05) is 12.3 Å². The number of benzene rings is 1. The summed E-state index contributed by atoms with van der Waals surface area (Å²) in [6.07, 6.45) is 8.18. The number of hydrogen-bond acceptors (Lipinski definition) is 2. The largest absolute Gasteiger partial charge is 0.374 e. The Bertz CT molecular complexity index is 522. The van der Waals surface area contributed by atoms with Gasteiger partial charge < -0.3 is 4.74 Å². The Morgan fingerprint density at radius 1 is 1.20 bits per heavy atom. The number of aryl methyl sites for hydroxylation is 1. The van der Waals surface area contributed by atoms with Crippen molar-refractivity contribution in [1.82, 2.24) is 0 Å². The number of hydrogen-bond donors (Lipinski definition) is 0. The van der Waals surface area contributed by atoms with Crippen LogP contribution >= 0.6 is 0 Å². The van der Waals surface area contributed by atoms with E-state index in [1.54, 1.807) is 0 Å². The molecule has 0 radical (unpaired) electrons. The Hall–Kier alpha value is -1.15. The van der Waals surface area contributed by atoms with Crippen LogP contribution in [0.2, 0.25) is 0 Å². The first-order valence-electron chi connectivity index (χ1n) is 8.07. The van der Waals surface area contributed by atoms with E-state index in [-0.39, 0.29) is 12.0 Å². The quantitative estimate of drug-likeness (QED) is 0.838. The molecule has 2 fully saturated rings. The predicted molar refractivity (Wildman–Crippen MR) is 77.7 cm³/mol. The highest BCUT2D eigenvalue weighted by Crippen LogP contribution is 2.42. The Kier molecular flexibility index (Phi) is 3.14. The molecule has 1 aliphatic carbocycles. The number of carbonyl (C=O) groups is 1. The third-order valence-corrected chi connectivity index (χ3v) is 5.46. The second-order valence-electron chi connectivity index (χ2n) is 6.67. The normalized spacial score (nSPS) is 35.0. The second-order valence-corrected chi connectivity index (χ2v) is 6.67. The number of ketones is 1. The van der Waals surface area contributed by atoms with Crippen molar-refractivity contribution in [2.24, 2.45) is 5.92 Å². The maximum Gasteiger partial charge on any atom is 0.139 e. The Balaban J connectivity index is 1.48. The molecule has 20 heavy (non-hydrogen) atoms. The summed E-state index contributed by atoms with van der Waals surface area (Å²) in [6, 6.07) is 8.69. The Labute approximate surface area is 120 Å². The molecule has 106 valence electrons. The maximum atomic E-state index is 12.6. The molecule has 1 aromatic rings. The molecule has 2 heterocycles. The number of Topliss-reactive ketones (excluding diaryl/α,β-unsaturated/α-hetero) is 1. The minimum absolute atomic E-state index is 0.197. The lowest BCUT2D eigenvalue weighted by Gasteiger charge is -2.27. The number of fused-ring (bicyclic) bond motifs is 3. The fourth-order valence-corrected chi connectivity index (χ4v) is 4.44. The molecule has 0 aromatic heterocycles. The highest BCUT2D eigenvalue weighted by Gasteiger charge is 2.44. The Morgan fingerprint density at radius 3 is 2.90 bits per heavy atom. The van der Waals surface area contributed by atoms with Gasteiger partial charge in [0.05, 0.1) is 12.2 Å². The molecule has 0 spiro atoms. The van der Waals surface area contributed by atoms with E-state index in [1.165, 1.54) is 36.8 Å². The lowest BCUT2D eigenvalue weighted by atomic mass is 9.76. The van der Waals surface area contributed by atoms with Crippen LogP contribution in [0.15, 0.2) is 24.3 Å². The monoisotopic (exact) mass is 270 g/mol. The molecule has 0 saturated carbocycles. The molecule has 4 atom stereocenters. The molecule has 4 unspecified atom stereocenters. The van der Waals surface area contributed by atoms with Crippen molar-refractivity contribution < 1.29 is 9.53 Å². The first-order valence-corrected chi connectivity index (χ1v) is 8.07. The predicted octanol–water partition coefficient (Wildman–Crippen LogP) is 3.63. The van der Waals surface area contributed by atoms with E-state index < -0.39 is 0 Å². The first kappa shape index (κ1) is 12.6. The van der Waals surface area contributed by atoms with Crippen LogP contribution < -0.4 is 0 Å². The van der Waals surface area contributed by atoms with Crippen molar-refractivity contribution in [2.75, 3.05) is 0 Å². The molecular formula is C18H22O2. The van der Waals surface area contributed by atoms with E-state index in [9.17, 15) is 4.79 Å². The molecule has 2 heteroatoms. The van der Waals surface area contributed by atoms with Crippen LogP contribution in [0.1, 0.15) is 55.6 Å². The van der Waals surface area contributed by atoms with Gasteiger partial charge in [-0.1, -0.05) is 24.3 Å². The van der Waals surface area contributed by atoms with Crippen molar-refractivity contribution >= 4 is 5.78 Å². The summed E-state index contributed by atoms with van der Waals surface area (Å²) in [7, 11) is 0. The lowest BCUT2D eigenvalue weighted by Crippen LogP contribution is -2.27. The van der Waals surface area contributed by atoms with Crippen LogP contribution in [0.4, 0.5) is 0 Å². The van der Waals surface area contributed by atoms with Gasteiger partial charge in [-0.15, -0.1) is 0 Å². The van der Waals surface area contributed by atoms with Crippen molar-refractivity contribution in [1.29, 1.82) is 0 Å². The van der Waals surface area contributed by atoms with E-state index in [0.29, 0.717) is 17.8 Å². The average molecular weight is 270 g/mol. The average Bonchev–Trinajstić information content (AvgIpc) is 3.10. The van der Waals surface area contributed by atoms with Gasteiger partial charge in [-0.2, -0.15) is 0 Å². The summed E-state index contributed by atoms with van der Waals surface area (Å²) in [5.74, 6) is 1.10. The second kappa shape index (κ2) is 5.00. The summed E-state index contributed by atoms with van der Waals surface area (Å²) in [4.78, 5) is 12.6. The minimum atomic E-state index is 0.197. The van der Waals surface area contributed by atoms with Crippen LogP contribution in [-0.4, -0.2) is 18.0 Å². The summed E-state index contributed by atoms with van der Waals surface area (Å²) in [5, 5.41) is 0. The molecule has 2 bridgehead atoms. The molecular weight excluding hydrogens is 248 g/mol. The number of rotatable bonds is 3. The minimum Gasteiger partial charge on any atom is -0.374 e. The van der Waals surface area contributed by atoms with Crippen LogP contribution in [0, 0.1) is 5.92 Å². The van der Waals surface area contributed by atoms with Gasteiger partial charge in [-0.05, 0) is 55.6 Å². The third kappa shape index (κ3) is 2.10. The van der Waals surface area contributed by atoms with E-state index in [0.717, 1.165) is 19.3 Å². The topological polar surface area (TPSA) is 26.3 Å².